The highest BCUT2D eigenvalue weighted by molar-refractivity contribution is 5.60. The van der Waals surface area contributed by atoms with Crippen molar-refractivity contribution >= 4 is 5.82 Å². The molecule has 0 atom stereocenters. The molecule has 0 fully saturated rings. The lowest BCUT2D eigenvalue weighted by molar-refractivity contribution is 0.965. The predicted molar refractivity (Wildman–Crippen MR) is 68.8 cm³/mol. The molecule has 4 nitrogen and oxygen atoms in total. The second-order valence-electron chi connectivity index (χ2n) is 3.88. The minimum atomic E-state index is 0.742. The molecule has 0 aliphatic carbocycles. The first-order valence-electron chi connectivity index (χ1n) is 5.79. The van der Waals surface area contributed by atoms with E-state index in [0.29, 0.717) is 0 Å². The zero-order chi connectivity index (χ0) is 12.1. The number of aryl methyl sites for hydroxylation is 1. The van der Waals surface area contributed by atoms with E-state index in [2.05, 4.69) is 27.2 Å². The molecule has 0 amide bonds. The molecule has 2 heterocycles. The number of pyridine rings is 1. The summed E-state index contributed by atoms with van der Waals surface area (Å²) in [5.74, 6) is 1.61. The SMILES string of the molecule is CCCNc1ccnc(-c2ccncc2C)n1. The van der Waals surface area contributed by atoms with Crippen LogP contribution < -0.4 is 5.32 Å². The van der Waals surface area contributed by atoms with Crippen LogP contribution >= 0.6 is 0 Å². The lowest BCUT2D eigenvalue weighted by Gasteiger charge is -2.07. The first-order valence-corrected chi connectivity index (χ1v) is 5.79. The Hall–Kier alpha value is -1.97. The first kappa shape index (κ1) is 11.5. The fraction of sp³-hybridized carbons (Fsp3) is 0.308. The molecule has 0 radical (unpaired) electrons. The van der Waals surface area contributed by atoms with Crippen molar-refractivity contribution in [1.29, 1.82) is 0 Å². The van der Waals surface area contributed by atoms with Crippen LogP contribution in [0.3, 0.4) is 0 Å². The summed E-state index contributed by atoms with van der Waals surface area (Å²) < 4.78 is 0. The van der Waals surface area contributed by atoms with E-state index >= 15 is 0 Å². The normalized spacial score (nSPS) is 10.2. The Labute approximate surface area is 101 Å². The van der Waals surface area contributed by atoms with Crippen molar-refractivity contribution in [2.45, 2.75) is 20.3 Å². The third kappa shape index (κ3) is 2.78. The Morgan fingerprint density at radius 1 is 1.24 bits per heavy atom. The second-order valence-corrected chi connectivity index (χ2v) is 3.88. The van der Waals surface area contributed by atoms with Crippen molar-refractivity contribution in [2.24, 2.45) is 0 Å². The molecular weight excluding hydrogens is 212 g/mol. The van der Waals surface area contributed by atoms with Gasteiger partial charge in [0.1, 0.15) is 5.82 Å². The Kier molecular flexibility index (Phi) is 3.65. The smallest absolute Gasteiger partial charge is 0.161 e. The zero-order valence-corrected chi connectivity index (χ0v) is 10.1. The number of rotatable bonds is 4. The van der Waals surface area contributed by atoms with Crippen LogP contribution in [0.2, 0.25) is 0 Å². The van der Waals surface area contributed by atoms with Crippen molar-refractivity contribution in [3.63, 3.8) is 0 Å². The Morgan fingerprint density at radius 3 is 2.88 bits per heavy atom. The fourth-order valence-electron chi connectivity index (χ4n) is 1.56. The van der Waals surface area contributed by atoms with Crippen LogP contribution in [0.4, 0.5) is 5.82 Å². The lowest BCUT2D eigenvalue weighted by atomic mass is 10.1. The van der Waals surface area contributed by atoms with Crippen LogP contribution in [0.1, 0.15) is 18.9 Å². The van der Waals surface area contributed by atoms with Gasteiger partial charge >= 0.3 is 0 Å². The van der Waals surface area contributed by atoms with Crippen molar-refractivity contribution in [3.8, 4) is 11.4 Å². The van der Waals surface area contributed by atoms with Crippen LogP contribution in [-0.2, 0) is 0 Å². The summed E-state index contributed by atoms with van der Waals surface area (Å²) in [6.45, 7) is 5.06. The van der Waals surface area contributed by atoms with E-state index in [4.69, 9.17) is 0 Å². The van der Waals surface area contributed by atoms with Gasteiger partial charge < -0.3 is 5.32 Å². The van der Waals surface area contributed by atoms with Crippen LogP contribution in [0.15, 0.2) is 30.7 Å². The standard InChI is InChI=1S/C13H16N4/c1-3-6-15-12-5-8-16-13(17-12)11-4-7-14-9-10(11)2/h4-5,7-9H,3,6H2,1-2H3,(H,15,16,17). The summed E-state index contributed by atoms with van der Waals surface area (Å²) in [5.41, 5.74) is 2.11. The predicted octanol–water partition coefficient (Wildman–Crippen LogP) is 2.67. The quantitative estimate of drug-likeness (QED) is 0.874. The minimum absolute atomic E-state index is 0.742. The number of nitrogens with zero attached hydrogens (tertiary/aromatic N) is 3. The van der Waals surface area contributed by atoms with E-state index < -0.39 is 0 Å². The Bertz CT molecular complexity index is 496. The van der Waals surface area contributed by atoms with Gasteiger partial charge in [0, 0.05) is 30.7 Å². The Balaban J connectivity index is 2.30. The highest BCUT2D eigenvalue weighted by Gasteiger charge is 2.05. The number of hydrogen-bond acceptors (Lipinski definition) is 4. The molecule has 0 aliphatic heterocycles. The van der Waals surface area contributed by atoms with Crippen LogP contribution in [0, 0.1) is 6.92 Å². The van der Waals surface area contributed by atoms with Crippen LogP contribution in [0.5, 0.6) is 0 Å². The lowest BCUT2D eigenvalue weighted by Crippen LogP contribution is -2.03. The average molecular weight is 228 g/mol. The van der Waals surface area contributed by atoms with E-state index in [1.807, 2.05) is 25.3 Å². The second kappa shape index (κ2) is 5.39. The fourth-order valence-corrected chi connectivity index (χ4v) is 1.56. The minimum Gasteiger partial charge on any atom is -0.370 e. The van der Waals surface area contributed by atoms with Gasteiger partial charge in [0.15, 0.2) is 5.82 Å². The molecule has 2 aromatic rings. The molecule has 0 aliphatic rings. The summed E-state index contributed by atoms with van der Waals surface area (Å²) in [7, 11) is 0. The third-order valence-electron chi connectivity index (χ3n) is 2.47. The molecule has 2 rings (SSSR count). The molecule has 1 N–H and O–H groups in total. The largest absolute Gasteiger partial charge is 0.370 e. The first-order chi connectivity index (χ1) is 8.31. The molecule has 0 saturated carbocycles. The van der Waals surface area contributed by atoms with E-state index in [0.717, 1.165) is 35.7 Å². The molecule has 0 bridgehead atoms. The number of nitrogens with one attached hydrogen (secondary N) is 1. The summed E-state index contributed by atoms with van der Waals surface area (Å²) in [6.07, 6.45) is 6.44. The maximum atomic E-state index is 4.49. The van der Waals surface area contributed by atoms with Crippen molar-refractivity contribution in [3.05, 3.63) is 36.3 Å². The molecule has 4 heteroatoms. The highest BCUT2D eigenvalue weighted by atomic mass is 15.0. The molecule has 0 aromatic carbocycles. The van der Waals surface area contributed by atoms with E-state index in [9.17, 15) is 0 Å². The zero-order valence-electron chi connectivity index (χ0n) is 10.1. The van der Waals surface area contributed by atoms with Gasteiger partial charge in [0.05, 0.1) is 0 Å². The van der Waals surface area contributed by atoms with Gasteiger partial charge in [0.2, 0.25) is 0 Å². The van der Waals surface area contributed by atoms with Crippen molar-refractivity contribution < 1.29 is 0 Å². The maximum Gasteiger partial charge on any atom is 0.161 e. The summed E-state index contributed by atoms with van der Waals surface area (Å²) in [6, 6.07) is 3.82. The third-order valence-corrected chi connectivity index (χ3v) is 2.47. The van der Waals surface area contributed by atoms with Gasteiger partial charge in [-0.2, -0.15) is 0 Å². The Morgan fingerprint density at radius 2 is 2.12 bits per heavy atom. The maximum absolute atomic E-state index is 4.49. The van der Waals surface area contributed by atoms with Gasteiger partial charge in [-0.05, 0) is 31.0 Å². The molecule has 0 spiro atoms. The van der Waals surface area contributed by atoms with E-state index in [1.54, 1.807) is 12.4 Å². The van der Waals surface area contributed by atoms with Crippen LogP contribution in [0.25, 0.3) is 11.4 Å². The van der Waals surface area contributed by atoms with E-state index in [-0.39, 0.29) is 0 Å². The summed E-state index contributed by atoms with van der Waals surface area (Å²) in [5, 5.41) is 3.26. The van der Waals surface area contributed by atoms with Gasteiger partial charge in [-0.15, -0.1) is 0 Å². The molecule has 0 saturated heterocycles. The van der Waals surface area contributed by atoms with Crippen molar-refractivity contribution in [1.82, 2.24) is 15.0 Å². The highest BCUT2D eigenvalue weighted by Crippen LogP contribution is 2.19. The van der Waals surface area contributed by atoms with E-state index in [1.165, 1.54) is 0 Å². The summed E-state index contributed by atoms with van der Waals surface area (Å²) >= 11 is 0. The molecular formula is C13H16N4. The number of aromatic nitrogens is 3. The topological polar surface area (TPSA) is 50.7 Å². The molecule has 2 aromatic heterocycles. The molecule has 17 heavy (non-hydrogen) atoms. The van der Waals surface area contributed by atoms with Gasteiger partial charge in [0.25, 0.3) is 0 Å². The van der Waals surface area contributed by atoms with Gasteiger partial charge in [-0.1, -0.05) is 6.92 Å². The number of anilines is 1. The number of hydrogen-bond donors (Lipinski definition) is 1. The summed E-state index contributed by atoms with van der Waals surface area (Å²) in [4.78, 5) is 12.9. The van der Waals surface area contributed by atoms with Gasteiger partial charge in [-0.25, -0.2) is 9.97 Å². The van der Waals surface area contributed by atoms with Gasteiger partial charge in [-0.3, -0.25) is 4.98 Å². The van der Waals surface area contributed by atoms with Crippen LogP contribution in [-0.4, -0.2) is 21.5 Å². The molecule has 0 unspecified atom stereocenters. The van der Waals surface area contributed by atoms with Crippen molar-refractivity contribution in [2.75, 3.05) is 11.9 Å². The monoisotopic (exact) mass is 228 g/mol. The molecule has 88 valence electrons. The average Bonchev–Trinajstić information content (AvgIpc) is 2.37.